The van der Waals surface area contributed by atoms with Crippen molar-refractivity contribution in [3.8, 4) is 0 Å². The van der Waals surface area contributed by atoms with Crippen molar-refractivity contribution in [3.63, 3.8) is 0 Å². The van der Waals surface area contributed by atoms with Crippen molar-refractivity contribution < 1.29 is 0 Å². The molecular weight excluding hydrogens is 300 g/mol. The molecule has 1 aliphatic rings. The fourth-order valence-electron chi connectivity index (χ4n) is 3.30. The van der Waals surface area contributed by atoms with Crippen LogP contribution in [0.3, 0.4) is 0 Å². The molecule has 5 nitrogen and oxygen atoms in total. The number of aromatic amines is 1. The van der Waals surface area contributed by atoms with Crippen LogP contribution in [0.4, 0.5) is 0 Å². The number of H-pyrrole nitrogens is 1. The third-order valence-electron chi connectivity index (χ3n) is 4.49. The molecule has 0 atom stereocenters. The molecule has 22 heavy (non-hydrogen) atoms. The Morgan fingerprint density at radius 1 is 1.32 bits per heavy atom. The van der Waals surface area contributed by atoms with E-state index in [-0.39, 0.29) is 5.56 Å². The number of nitrogens with zero attached hydrogens (tertiary/aromatic N) is 2. The summed E-state index contributed by atoms with van der Waals surface area (Å²) in [6.07, 6.45) is 2.03. The van der Waals surface area contributed by atoms with Gasteiger partial charge in [0.15, 0.2) is 0 Å². The number of hydrogen-bond acceptors (Lipinski definition) is 3. The molecular formula is C16H17ClN4O. The highest BCUT2D eigenvalue weighted by molar-refractivity contribution is 6.37. The normalized spacial score (nSPS) is 16.6. The van der Waals surface area contributed by atoms with E-state index in [0.29, 0.717) is 16.6 Å². The van der Waals surface area contributed by atoms with E-state index in [4.69, 9.17) is 11.6 Å². The molecule has 3 heterocycles. The number of aryl methyl sites for hydroxylation is 1. The molecule has 2 aromatic heterocycles. The summed E-state index contributed by atoms with van der Waals surface area (Å²) < 4.78 is 1.87. The Morgan fingerprint density at radius 3 is 2.86 bits per heavy atom. The lowest BCUT2D eigenvalue weighted by Crippen LogP contribution is -2.28. The van der Waals surface area contributed by atoms with Crippen LogP contribution in [-0.4, -0.2) is 27.7 Å². The van der Waals surface area contributed by atoms with Gasteiger partial charge in [-0.2, -0.15) is 5.10 Å². The fraction of sp³-hybridized carbons (Fsp3) is 0.375. The minimum absolute atomic E-state index is 0.0968. The molecule has 1 saturated heterocycles. The Kier molecular flexibility index (Phi) is 3.20. The lowest BCUT2D eigenvalue weighted by atomic mass is 9.94. The molecule has 6 heteroatoms. The summed E-state index contributed by atoms with van der Waals surface area (Å²) in [6, 6.07) is 5.59. The first-order valence-electron chi connectivity index (χ1n) is 7.56. The maximum atomic E-state index is 12.1. The van der Waals surface area contributed by atoms with Crippen LogP contribution in [0.5, 0.6) is 0 Å². The number of hydrogen-bond donors (Lipinski definition) is 2. The smallest absolute Gasteiger partial charge is 0.251 e. The van der Waals surface area contributed by atoms with Gasteiger partial charge < -0.3 is 10.3 Å². The predicted molar refractivity (Wildman–Crippen MR) is 87.9 cm³/mol. The first-order chi connectivity index (χ1) is 10.6. The van der Waals surface area contributed by atoms with E-state index in [1.54, 1.807) is 6.07 Å². The molecule has 0 bridgehead atoms. The van der Waals surface area contributed by atoms with Gasteiger partial charge in [-0.05, 0) is 44.5 Å². The van der Waals surface area contributed by atoms with Gasteiger partial charge in [-0.15, -0.1) is 0 Å². The van der Waals surface area contributed by atoms with Crippen molar-refractivity contribution in [2.75, 3.05) is 13.1 Å². The van der Waals surface area contributed by atoms with Crippen LogP contribution in [0, 0.1) is 6.92 Å². The number of fused-ring (bicyclic) bond motifs is 3. The molecule has 0 spiro atoms. The predicted octanol–water partition coefficient (Wildman–Crippen LogP) is 2.60. The molecule has 1 aliphatic heterocycles. The minimum atomic E-state index is -0.0968. The maximum Gasteiger partial charge on any atom is 0.251 e. The second kappa shape index (κ2) is 5.11. The number of benzene rings is 1. The number of piperidine rings is 1. The molecule has 0 amide bonds. The molecule has 2 N–H and O–H groups in total. The van der Waals surface area contributed by atoms with Gasteiger partial charge in [0, 0.05) is 12.0 Å². The maximum absolute atomic E-state index is 12.1. The highest BCUT2D eigenvalue weighted by Gasteiger charge is 2.21. The summed E-state index contributed by atoms with van der Waals surface area (Å²) in [5.74, 6) is 0.347. The molecule has 4 rings (SSSR count). The van der Waals surface area contributed by atoms with E-state index < -0.39 is 0 Å². The molecule has 0 saturated carbocycles. The summed E-state index contributed by atoms with van der Waals surface area (Å²) in [4.78, 5) is 15.0. The van der Waals surface area contributed by atoms with Gasteiger partial charge in [-0.3, -0.25) is 4.79 Å². The van der Waals surface area contributed by atoms with Crippen molar-refractivity contribution in [3.05, 3.63) is 44.8 Å². The topological polar surface area (TPSA) is 62.2 Å². The van der Waals surface area contributed by atoms with Gasteiger partial charge in [-0.25, -0.2) is 4.52 Å². The first kappa shape index (κ1) is 13.8. The Hall–Kier alpha value is -1.85. The van der Waals surface area contributed by atoms with E-state index in [1.165, 1.54) is 0 Å². The largest absolute Gasteiger partial charge is 0.317 e. The average molecular weight is 317 g/mol. The Balaban J connectivity index is 2.06. The summed E-state index contributed by atoms with van der Waals surface area (Å²) >= 11 is 6.45. The summed E-state index contributed by atoms with van der Waals surface area (Å²) in [5.41, 5.74) is 3.38. The molecule has 0 radical (unpaired) electrons. The standard InChI is InChI=1S/C16H17ClN4O/c1-9-2-3-11-14(15(9)17)16-19-13(22)8-12(21(16)20-11)10-4-6-18-7-5-10/h2-3,8,10,18H,4-7H2,1H3,(H,19,22). The van der Waals surface area contributed by atoms with Crippen molar-refractivity contribution in [2.45, 2.75) is 25.7 Å². The van der Waals surface area contributed by atoms with Crippen molar-refractivity contribution in [1.82, 2.24) is 19.9 Å². The first-order valence-corrected chi connectivity index (χ1v) is 7.94. The van der Waals surface area contributed by atoms with E-state index in [2.05, 4.69) is 15.4 Å². The van der Waals surface area contributed by atoms with Crippen LogP contribution in [0.2, 0.25) is 5.02 Å². The summed E-state index contributed by atoms with van der Waals surface area (Å²) in [5, 5.41) is 9.51. The average Bonchev–Trinajstić information content (AvgIpc) is 2.90. The van der Waals surface area contributed by atoms with Gasteiger partial charge in [0.25, 0.3) is 5.56 Å². The van der Waals surface area contributed by atoms with Crippen LogP contribution in [-0.2, 0) is 0 Å². The Bertz CT molecular complexity index is 921. The molecule has 3 aromatic rings. The second-order valence-corrected chi connectivity index (χ2v) is 6.31. The Morgan fingerprint density at radius 2 is 2.09 bits per heavy atom. The number of rotatable bonds is 1. The molecule has 1 fully saturated rings. The van der Waals surface area contributed by atoms with Crippen molar-refractivity contribution >= 4 is 28.2 Å². The van der Waals surface area contributed by atoms with Crippen molar-refractivity contribution in [2.24, 2.45) is 0 Å². The van der Waals surface area contributed by atoms with Gasteiger partial charge >= 0.3 is 0 Å². The van der Waals surface area contributed by atoms with Crippen LogP contribution >= 0.6 is 11.6 Å². The van der Waals surface area contributed by atoms with E-state index >= 15 is 0 Å². The molecule has 0 unspecified atom stereocenters. The SMILES string of the molecule is Cc1ccc2nn3c(C4CCNCC4)cc(=O)[nH]c3c2c1Cl. The zero-order valence-electron chi connectivity index (χ0n) is 12.3. The van der Waals surface area contributed by atoms with Gasteiger partial charge in [0.1, 0.15) is 5.65 Å². The van der Waals surface area contributed by atoms with Crippen LogP contribution in [0.1, 0.15) is 30.0 Å². The monoisotopic (exact) mass is 316 g/mol. The quantitative estimate of drug-likeness (QED) is 0.725. The van der Waals surface area contributed by atoms with Crippen LogP contribution in [0.25, 0.3) is 16.6 Å². The zero-order valence-corrected chi connectivity index (χ0v) is 13.1. The second-order valence-electron chi connectivity index (χ2n) is 5.93. The summed E-state index contributed by atoms with van der Waals surface area (Å²) in [7, 11) is 0. The fourth-order valence-corrected chi connectivity index (χ4v) is 3.55. The van der Waals surface area contributed by atoms with E-state index in [9.17, 15) is 4.79 Å². The van der Waals surface area contributed by atoms with Gasteiger partial charge in [0.05, 0.1) is 21.6 Å². The molecule has 114 valence electrons. The third kappa shape index (κ3) is 2.04. The zero-order chi connectivity index (χ0) is 15.3. The molecule has 0 aliphatic carbocycles. The highest BCUT2D eigenvalue weighted by atomic mass is 35.5. The number of aromatic nitrogens is 3. The minimum Gasteiger partial charge on any atom is -0.317 e. The summed E-state index contributed by atoms with van der Waals surface area (Å²) in [6.45, 7) is 3.90. The van der Waals surface area contributed by atoms with Crippen LogP contribution < -0.4 is 10.9 Å². The number of nitrogens with one attached hydrogen (secondary N) is 2. The lowest BCUT2D eigenvalue weighted by Gasteiger charge is -2.23. The lowest BCUT2D eigenvalue weighted by molar-refractivity contribution is 0.446. The Labute approximate surface area is 132 Å². The van der Waals surface area contributed by atoms with Crippen LogP contribution in [0.15, 0.2) is 23.0 Å². The van der Waals surface area contributed by atoms with E-state index in [0.717, 1.165) is 48.1 Å². The highest BCUT2D eigenvalue weighted by Crippen LogP contribution is 2.31. The number of halogens is 1. The molecule has 1 aromatic carbocycles. The third-order valence-corrected chi connectivity index (χ3v) is 4.98. The van der Waals surface area contributed by atoms with Gasteiger partial charge in [0.2, 0.25) is 0 Å². The van der Waals surface area contributed by atoms with E-state index in [1.807, 2.05) is 23.6 Å². The van der Waals surface area contributed by atoms with Gasteiger partial charge in [-0.1, -0.05) is 17.7 Å². The van der Waals surface area contributed by atoms with Crippen molar-refractivity contribution in [1.29, 1.82) is 0 Å².